The lowest BCUT2D eigenvalue weighted by Gasteiger charge is -2.09. The van der Waals surface area contributed by atoms with Gasteiger partial charge in [0.1, 0.15) is 5.75 Å². The summed E-state index contributed by atoms with van der Waals surface area (Å²) < 4.78 is 0. The Morgan fingerprint density at radius 1 is 0.917 bits per heavy atom. The van der Waals surface area contributed by atoms with Crippen LogP contribution < -0.4 is 10.6 Å². The zero-order valence-electron chi connectivity index (χ0n) is 12.7. The Morgan fingerprint density at radius 2 is 1.50 bits per heavy atom. The summed E-state index contributed by atoms with van der Waals surface area (Å²) in [6, 6.07) is 11.0. The van der Waals surface area contributed by atoms with Gasteiger partial charge in [0.25, 0.3) is 5.91 Å². The lowest BCUT2D eigenvalue weighted by Crippen LogP contribution is -2.35. The molecule has 0 aliphatic rings. The van der Waals surface area contributed by atoms with Gasteiger partial charge in [-0.05, 0) is 42.0 Å². The Morgan fingerprint density at radius 3 is 2.12 bits per heavy atom. The number of aromatic hydroxyl groups is 1. The van der Waals surface area contributed by atoms with Crippen molar-refractivity contribution in [3.63, 3.8) is 0 Å². The number of carbonyl (C=O) groups is 2. The quantitative estimate of drug-likeness (QED) is 0.687. The standard InChI is InChI=1S/C17H16Cl2N2O3/c18-14-2-1-3-15(19)13(14)10-16(23)20-8-9-21-17(24)11-4-6-12(22)7-5-11/h1-7,22H,8-10H2,(H,20,23)(H,21,24). The third-order valence-corrected chi connectivity index (χ3v) is 3.97. The van der Waals surface area contributed by atoms with Crippen molar-refractivity contribution < 1.29 is 14.7 Å². The Labute approximate surface area is 149 Å². The van der Waals surface area contributed by atoms with Crippen molar-refractivity contribution in [2.75, 3.05) is 13.1 Å². The molecule has 126 valence electrons. The molecule has 0 radical (unpaired) electrons. The van der Waals surface area contributed by atoms with Gasteiger partial charge in [-0.1, -0.05) is 29.3 Å². The summed E-state index contributed by atoms with van der Waals surface area (Å²) in [6.07, 6.45) is 0.0738. The summed E-state index contributed by atoms with van der Waals surface area (Å²) in [7, 11) is 0. The molecule has 7 heteroatoms. The Bertz CT molecular complexity index is 713. The zero-order chi connectivity index (χ0) is 17.5. The first-order valence-corrected chi connectivity index (χ1v) is 8.00. The van der Waals surface area contributed by atoms with E-state index in [4.69, 9.17) is 23.2 Å². The van der Waals surface area contributed by atoms with E-state index < -0.39 is 0 Å². The number of hydrogen-bond donors (Lipinski definition) is 3. The zero-order valence-corrected chi connectivity index (χ0v) is 14.2. The first-order valence-electron chi connectivity index (χ1n) is 7.24. The minimum Gasteiger partial charge on any atom is -0.508 e. The highest BCUT2D eigenvalue weighted by Gasteiger charge is 2.10. The molecule has 0 aromatic heterocycles. The molecule has 2 aromatic rings. The number of phenolic OH excluding ortho intramolecular Hbond substituents is 1. The van der Waals surface area contributed by atoms with Crippen LogP contribution in [0.25, 0.3) is 0 Å². The van der Waals surface area contributed by atoms with Gasteiger partial charge >= 0.3 is 0 Å². The third kappa shape index (κ3) is 5.15. The van der Waals surface area contributed by atoms with Gasteiger partial charge in [0.2, 0.25) is 5.91 Å². The van der Waals surface area contributed by atoms with Crippen LogP contribution in [-0.4, -0.2) is 30.0 Å². The van der Waals surface area contributed by atoms with Gasteiger partial charge in [-0.2, -0.15) is 0 Å². The van der Waals surface area contributed by atoms with E-state index in [-0.39, 0.29) is 37.1 Å². The number of rotatable bonds is 6. The van der Waals surface area contributed by atoms with Crippen LogP contribution in [0.5, 0.6) is 5.75 Å². The van der Waals surface area contributed by atoms with E-state index in [9.17, 15) is 14.7 Å². The lowest BCUT2D eigenvalue weighted by molar-refractivity contribution is -0.120. The Kier molecular flexibility index (Phi) is 6.46. The van der Waals surface area contributed by atoms with Gasteiger partial charge in [0.15, 0.2) is 0 Å². The van der Waals surface area contributed by atoms with Gasteiger partial charge < -0.3 is 15.7 Å². The van der Waals surface area contributed by atoms with Crippen LogP contribution in [0.2, 0.25) is 10.0 Å². The Hall–Kier alpha value is -2.24. The number of hydrogen-bond acceptors (Lipinski definition) is 3. The highest BCUT2D eigenvalue weighted by atomic mass is 35.5. The molecule has 0 spiro atoms. The molecule has 0 aliphatic carbocycles. The molecule has 0 unspecified atom stereocenters. The first-order chi connectivity index (χ1) is 11.5. The van der Waals surface area contributed by atoms with Crippen LogP contribution in [0.4, 0.5) is 0 Å². The molecule has 2 rings (SSSR count). The molecule has 24 heavy (non-hydrogen) atoms. The normalized spacial score (nSPS) is 10.2. The van der Waals surface area contributed by atoms with Crippen molar-refractivity contribution >= 4 is 35.0 Å². The second kappa shape index (κ2) is 8.57. The summed E-state index contributed by atoms with van der Waals surface area (Å²) in [6.45, 7) is 0.562. The third-order valence-electron chi connectivity index (χ3n) is 3.26. The fourth-order valence-corrected chi connectivity index (χ4v) is 2.55. The van der Waals surface area contributed by atoms with E-state index >= 15 is 0 Å². The summed E-state index contributed by atoms with van der Waals surface area (Å²) in [5.41, 5.74) is 1.01. The number of carbonyl (C=O) groups excluding carboxylic acids is 2. The predicted molar refractivity (Wildman–Crippen MR) is 93.6 cm³/mol. The largest absolute Gasteiger partial charge is 0.508 e. The summed E-state index contributed by atoms with van der Waals surface area (Å²) >= 11 is 12.0. The summed E-state index contributed by atoms with van der Waals surface area (Å²) in [4.78, 5) is 23.7. The fraction of sp³-hybridized carbons (Fsp3) is 0.176. The number of phenols is 1. The molecule has 0 aliphatic heterocycles. The topological polar surface area (TPSA) is 78.4 Å². The number of benzene rings is 2. The molecule has 0 fully saturated rings. The molecule has 0 heterocycles. The van der Waals surface area contributed by atoms with E-state index in [1.54, 1.807) is 18.2 Å². The molecule has 5 nitrogen and oxygen atoms in total. The van der Waals surface area contributed by atoms with E-state index in [1.165, 1.54) is 24.3 Å². The van der Waals surface area contributed by atoms with Crippen LogP contribution in [0.3, 0.4) is 0 Å². The maximum Gasteiger partial charge on any atom is 0.251 e. The first kappa shape index (κ1) is 18.1. The van der Waals surface area contributed by atoms with Crippen molar-refractivity contribution in [1.29, 1.82) is 0 Å². The van der Waals surface area contributed by atoms with E-state index in [2.05, 4.69) is 10.6 Å². The van der Waals surface area contributed by atoms with E-state index in [1.807, 2.05) is 0 Å². The number of halogens is 2. The van der Waals surface area contributed by atoms with Gasteiger partial charge in [-0.15, -0.1) is 0 Å². The van der Waals surface area contributed by atoms with Gasteiger partial charge in [-0.25, -0.2) is 0 Å². The molecule has 2 aromatic carbocycles. The van der Waals surface area contributed by atoms with Crippen molar-refractivity contribution in [2.45, 2.75) is 6.42 Å². The van der Waals surface area contributed by atoms with Crippen molar-refractivity contribution in [3.8, 4) is 5.75 Å². The van der Waals surface area contributed by atoms with Gasteiger partial charge in [0, 0.05) is 28.7 Å². The highest BCUT2D eigenvalue weighted by Crippen LogP contribution is 2.24. The van der Waals surface area contributed by atoms with Gasteiger partial charge in [-0.3, -0.25) is 9.59 Å². The molecule has 2 amide bonds. The molecule has 0 saturated carbocycles. The van der Waals surface area contributed by atoms with Crippen molar-refractivity contribution in [3.05, 3.63) is 63.6 Å². The average Bonchev–Trinajstić information content (AvgIpc) is 2.55. The lowest BCUT2D eigenvalue weighted by atomic mass is 10.1. The monoisotopic (exact) mass is 366 g/mol. The van der Waals surface area contributed by atoms with Crippen LogP contribution in [0.1, 0.15) is 15.9 Å². The number of amides is 2. The smallest absolute Gasteiger partial charge is 0.251 e. The second-order valence-corrected chi connectivity index (χ2v) is 5.84. The highest BCUT2D eigenvalue weighted by molar-refractivity contribution is 6.36. The molecule has 0 atom stereocenters. The SMILES string of the molecule is O=C(Cc1c(Cl)cccc1Cl)NCCNC(=O)c1ccc(O)cc1. The average molecular weight is 367 g/mol. The van der Waals surface area contributed by atoms with Crippen LogP contribution in [0.15, 0.2) is 42.5 Å². The molecule has 0 bridgehead atoms. The van der Waals surface area contributed by atoms with Crippen molar-refractivity contribution in [1.82, 2.24) is 10.6 Å². The minimum absolute atomic E-state index is 0.0738. The predicted octanol–water partition coefficient (Wildman–Crippen LogP) is 2.79. The van der Waals surface area contributed by atoms with E-state index in [0.717, 1.165) is 0 Å². The maximum atomic E-state index is 11.9. The van der Waals surface area contributed by atoms with Crippen LogP contribution in [0, 0.1) is 0 Å². The minimum atomic E-state index is -0.279. The summed E-state index contributed by atoms with van der Waals surface area (Å²) in [5, 5.41) is 15.4. The Balaban J connectivity index is 1.75. The van der Waals surface area contributed by atoms with Gasteiger partial charge in [0.05, 0.1) is 6.42 Å². The van der Waals surface area contributed by atoms with Crippen LogP contribution in [-0.2, 0) is 11.2 Å². The molecular weight excluding hydrogens is 351 g/mol. The fourth-order valence-electron chi connectivity index (χ4n) is 2.02. The summed E-state index contributed by atoms with van der Waals surface area (Å²) in [5.74, 6) is -0.417. The molecule has 0 saturated heterocycles. The second-order valence-electron chi connectivity index (χ2n) is 5.03. The molecule has 3 N–H and O–H groups in total. The van der Waals surface area contributed by atoms with E-state index in [0.29, 0.717) is 21.2 Å². The van der Waals surface area contributed by atoms with Crippen LogP contribution >= 0.6 is 23.2 Å². The number of nitrogens with one attached hydrogen (secondary N) is 2. The maximum absolute atomic E-state index is 11.9. The van der Waals surface area contributed by atoms with Crippen molar-refractivity contribution in [2.24, 2.45) is 0 Å². The molecular formula is C17H16Cl2N2O3.